The normalized spacial score (nSPS) is 14.2. The molecule has 1 aromatic heterocycles. The Hall–Kier alpha value is -1.06. The van der Waals surface area contributed by atoms with Crippen molar-refractivity contribution >= 4 is 28.9 Å². The van der Waals surface area contributed by atoms with Crippen LogP contribution in [0, 0.1) is 6.92 Å². The van der Waals surface area contributed by atoms with E-state index in [2.05, 4.69) is 37.3 Å². The number of fused-ring (bicyclic) bond motifs is 1. The van der Waals surface area contributed by atoms with Gasteiger partial charge in [0.1, 0.15) is 0 Å². The molecule has 1 nitrogen and oxygen atoms in total. The third-order valence-corrected chi connectivity index (χ3v) is 5.67. The van der Waals surface area contributed by atoms with Gasteiger partial charge in [0, 0.05) is 17.1 Å². The minimum atomic E-state index is 0.258. The van der Waals surface area contributed by atoms with Gasteiger partial charge >= 0.3 is 0 Å². The molecule has 1 aliphatic rings. The summed E-state index contributed by atoms with van der Waals surface area (Å²) in [7, 11) is 0. The molecule has 2 aromatic rings. The van der Waals surface area contributed by atoms with Gasteiger partial charge in [-0.1, -0.05) is 29.8 Å². The quantitative estimate of drug-likeness (QED) is 0.785. The fraction of sp³-hybridized carbons (Fsp3) is 0.312. The number of carbonyl (C=O) groups is 1. The van der Waals surface area contributed by atoms with Crippen molar-refractivity contribution in [3.8, 4) is 0 Å². The fourth-order valence-corrected chi connectivity index (χ4v) is 4.57. The van der Waals surface area contributed by atoms with Crippen molar-refractivity contribution in [1.29, 1.82) is 0 Å². The van der Waals surface area contributed by atoms with E-state index in [0.717, 1.165) is 22.6 Å². The lowest BCUT2D eigenvalue weighted by molar-refractivity contribution is 0.0997. The topological polar surface area (TPSA) is 17.1 Å². The summed E-state index contributed by atoms with van der Waals surface area (Å²) in [5, 5.41) is 0. The molecule has 0 saturated heterocycles. The second-order valence-electron chi connectivity index (χ2n) is 4.95. The Bertz CT molecular complexity index is 572. The average molecular weight is 288 g/mol. The first-order chi connectivity index (χ1) is 9.22. The third-order valence-electron chi connectivity index (χ3n) is 3.39. The van der Waals surface area contributed by atoms with Gasteiger partial charge in [-0.15, -0.1) is 11.3 Å². The number of Topliss-reactive ketones (excluding diaryl/α,β-unsaturated/α-hetero) is 1. The Kier molecular flexibility index (Phi) is 3.76. The highest BCUT2D eigenvalue weighted by Gasteiger charge is 2.17. The molecule has 3 rings (SSSR count). The third kappa shape index (κ3) is 2.93. The summed E-state index contributed by atoms with van der Waals surface area (Å²) in [4.78, 5) is 14.7. The first-order valence-corrected chi connectivity index (χ1v) is 8.47. The van der Waals surface area contributed by atoms with Crippen molar-refractivity contribution in [1.82, 2.24) is 0 Å². The van der Waals surface area contributed by atoms with E-state index in [1.165, 1.54) is 21.8 Å². The van der Waals surface area contributed by atoms with Crippen LogP contribution in [0.15, 0.2) is 30.3 Å². The second-order valence-corrected chi connectivity index (χ2v) is 7.19. The highest BCUT2D eigenvalue weighted by molar-refractivity contribution is 7.98. The van der Waals surface area contributed by atoms with E-state index >= 15 is 0 Å². The summed E-state index contributed by atoms with van der Waals surface area (Å²) in [6, 6.07) is 10.4. The van der Waals surface area contributed by atoms with Gasteiger partial charge in [0.15, 0.2) is 5.78 Å². The van der Waals surface area contributed by atoms with Gasteiger partial charge in [-0.25, -0.2) is 0 Å². The molecule has 0 aliphatic carbocycles. The first kappa shape index (κ1) is 12.9. The van der Waals surface area contributed by atoms with Crippen LogP contribution in [0.1, 0.15) is 31.2 Å². The van der Waals surface area contributed by atoms with Crippen LogP contribution in [0.4, 0.5) is 0 Å². The molecule has 0 bridgehead atoms. The van der Waals surface area contributed by atoms with Crippen molar-refractivity contribution < 1.29 is 4.79 Å². The summed E-state index contributed by atoms with van der Waals surface area (Å²) in [5.41, 5.74) is 3.73. The molecule has 0 radical (unpaired) electrons. The zero-order valence-corrected chi connectivity index (χ0v) is 12.6. The van der Waals surface area contributed by atoms with E-state index in [0.29, 0.717) is 6.42 Å². The SMILES string of the molecule is Cc1ccc(CC(=O)c2cc3c(s2)CCSC3)cc1. The largest absolute Gasteiger partial charge is 0.293 e. The maximum Gasteiger partial charge on any atom is 0.177 e. The molecule has 0 atom stereocenters. The number of benzene rings is 1. The maximum atomic E-state index is 12.3. The summed E-state index contributed by atoms with van der Waals surface area (Å²) in [6.45, 7) is 2.07. The Morgan fingerprint density at radius 2 is 2.05 bits per heavy atom. The van der Waals surface area contributed by atoms with Gasteiger partial charge in [-0.3, -0.25) is 4.79 Å². The van der Waals surface area contributed by atoms with Crippen LogP contribution in [0.5, 0.6) is 0 Å². The minimum Gasteiger partial charge on any atom is -0.293 e. The smallest absolute Gasteiger partial charge is 0.177 e. The zero-order valence-electron chi connectivity index (χ0n) is 10.9. The molecular formula is C16H16OS2. The Labute approximate surface area is 122 Å². The molecule has 0 N–H and O–H groups in total. The van der Waals surface area contributed by atoms with E-state index in [1.54, 1.807) is 11.3 Å². The molecule has 19 heavy (non-hydrogen) atoms. The van der Waals surface area contributed by atoms with Crippen LogP contribution in [0.25, 0.3) is 0 Å². The van der Waals surface area contributed by atoms with E-state index < -0.39 is 0 Å². The number of thioether (sulfide) groups is 1. The number of thiophene rings is 1. The zero-order chi connectivity index (χ0) is 13.2. The molecule has 1 aromatic carbocycles. The van der Waals surface area contributed by atoms with Crippen molar-refractivity contribution in [3.05, 3.63) is 56.8 Å². The number of carbonyl (C=O) groups excluding carboxylic acids is 1. The van der Waals surface area contributed by atoms with Crippen LogP contribution in [0.3, 0.4) is 0 Å². The Morgan fingerprint density at radius 1 is 1.26 bits per heavy atom. The van der Waals surface area contributed by atoms with E-state index in [4.69, 9.17) is 0 Å². The van der Waals surface area contributed by atoms with Crippen molar-refractivity contribution in [2.75, 3.05) is 5.75 Å². The standard InChI is InChI=1S/C16H16OS2/c1-11-2-4-12(5-3-11)8-14(17)16-9-13-10-18-7-6-15(13)19-16/h2-5,9H,6-8,10H2,1H3. The monoisotopic (exact) mass is 288 g/mol. The number of rotatable bonds is 3. The maximum absolute atomic E-state index is 12.3. The van der Waals surface area contributed by atoms with Crippen LogP contribution in [-0.2, 0) is 18.6 Å². The molecule has 3 heteroatoms. The molecule has 98 valence electrons. The molecule has 0 amide bonds. The Morgan fingerprint density at radius 3 is 2.79 bits per heavy atom. The van der Waals surface area contributed by atoms with E-state index in [-0.39, 0.29) is 5.78 Å². The van der Waals surface area contributed by atoms with Crippen LogP contribution >= 0.6 is 23.1 Å². The van der Waals surface area contributed by atoms with Gasteiger partial charge in [-0.2, -0.15) is 11.8 Å². The predicted molar refractivity (Wildman–Crippen MR) is 83.4 cm³/mol. The van der Waals surface area contributed by atoms with Crippen LogP contribution < -0.4 is 0 Å². The second kappa shape index (κ2) is 5.51. The van der Waals surface area contributed by atoms with Gasteiger partial charge in [0.05, 0.1) is 4.88 Å². The first-order valence-electron chi connectivity index (χ1n) is 6.50. The van der Waals surface area contributed by atoms with E-state index in [9.17, 15) is 4.79 Å². The van der Waals surface area contributed by atoms with Gasteiger partial charge in [-0.05, 0) is 36.3 Å². The highest BCUT2D eigenvalue weighted by Crippen LogP contribution is 2.32. The van der Waals surface area contributed by atoms with Crippen molar-refractivity contribution in [3.63, 3.8) is 0 Å². The van der Waals surface area contributed by atoms with Crippen molar-refractivity contribution in [2.24, 2.45) is 0 Å². The Balaban J connectivity index is 1.76. The van der Waals surface area contributed by atoms with Gasteiger partial charge in [0.2, 0.25) is 0 Å². The summed E-state index contributed by atoms with van der Waals surface area (Å²) in [5.74, 6) is 2.52. The summed E-state index contributed by atoms with van der Waals surface area (Å²) < 4.78 is 0. The van der Waals surface area contributed by atoms with Gasteiger partial charge < -0.3 is 0 Å². The number of ketones is 1. The van der Waals surface area contributed by atoms with Crippen molar-refractivity contribution in [2.45, 2.75) is 25.5 Å². The molecule has 1 aliphatic heterocycles. The number of hydrogen-bond acceptors (Lipinski definition) is 3. The lowest BCUT2D eigenvalue weighted by Gasteiger charge is -2.08. The molecule has 0 spiro atoms. The minimum absolute atomic E-state index is 0.258. The number of hydrogen-bond donors (Lipinski definition) is 0. The predicted octanol–water partition coefficient (Wildman–Crippen LogP) is 4.27. The lowest BCUT2D eigenvalue weighted by atomic mass is 10.1. The van der Waals surface area contributed by atoms with Gasteiger partial charge in [0.25, 0.3) is 0 Å². The molecule has 2 heterocycles. The molecular weight excluding hydrogens is 272 g/mol. The fourth-order valence-electron chi connectivity index (χ4n) is 2.26. The lowest BCUT2D eigenvalue weighted by Crippen LogP contribution is -2.01. The summed E-state index contributed by atoms with van der Waals surface area (Å²) in [6.07, 6.45) is 1.65. The van der Waals surface area contributed by atoms with Crippen LogP contribution in [-0.4, -0.2) is 11.5 Å². The number of aryl methyl sites for hydroxylation is 2. The highest BCUT2D eigenvalue weighted by atomic mass is 32.2. The molecule has 0 fully saturated rings. The van der Waals surface area contributed by atoms with E-state index in [1.807, 2.05) is 11.8 Å². The average Bonchev–Trinajstić information content (AvgIpc) is 2.85. The molecule has 0 saturated carbocycles. The van der Waals surface area contributed by atoms with Crippen LogP contribution in [0.2, 0.25) is 0 Å². The summed E-state index contributed by atoms with van der Waals surface area (Å²) >= 11 is 3.67. The molecule has 0 unspecified atom stereocenters.